The van der Waals surface area contributed by atoms with Gasteiger partial charge in [0.2, 0.25) is 5.95 Å². The number of benzene rings is 1. The van der Waals surface area contributed by atoms with E-state index in [1.165, 1.54) is 6.42 Å². The molecule has 0 spiro atoms. The molecule has 0 amide bonds. The van der Waals surface area contributed by atoms with Crippen molar-refractivity contribution in [2.24, 2.45) is 5.92 Å². The third-order valence-electron chi connectivity index (χ3n) is 5.94. The first kappa shape index (κ1) is 20.6. The smallest absolute Gasteiger partial charge is 0.228 e. The Hall–Kier alpha value is -2.67. The van der Waals surface area contributed by atoms with Crippen LogP contribution in [0.3, 0.4) is 0 Å². The molecule has 7 heteroatoms. The van der Waals surface area contributed by atoms with Gasteiger partial charge < -0.3 is 15.4 Å². The number of fused-ring (bicyclic) bond motifs is 1. The van der Waals surface area contributed by atoms with E-state index < -0.39 is 0 Å². The molecule has 2 N–H and O–H groups in total. The zero-order chi connectivity index (χ0) is 21.1. The van der Waals surface area contributed by atoms with Gasteiger partial charge in [-0.05, 0) is 62.4 Å². The summed E-state index contributed by atoms with van der Waals surface area (Å²) >= 11 is 0. The molecule has 1 aliphatic heterocycles. The molecule has 3 heterocycles. The van der Waals surface area contributed by atoms with Gasteiger partial charge in [0.15, 0.2) is 5.65 Å². The molecule has 7 nitrogen and oxygen atoms in total. The van der Waals surface area contributed by atoms with Crippen LogP contribution in [-0.2, 0) is 6.42 Å². The van der Waals surface area contributed by atoms with E-state index in [1.807, 2.05) is 28.9 Å². The molecule has 0 radical (unpaired) electrons. The van der Waals surface area contributed by atoms with Crippen molar-refractivity contribution in [3.8, 4) is 5.75 Å². The number of ether oxygens (including phenoxy) is 1. The number of rotatable bonds is 8. The van der Waals surface area contributed by atoms with E-state index in [-0.39, 0.29) is 6.04 Å². The van der Waals surface area contributed by atoms with E-state index in [9.17, 15) is 0 Å². The average molecular weight is 409 g/mol. The van der Waals surface area contributed by atoms with E-state index in [4.69, 9.17) is 14.7 Å². The standard InChI is InChI=1S/C23H32N6O/c1-15(2)20-14-25-29-22(20)27-21(9-8-17-10-11-24-13-17)28-23(29)26-16(3)18-6-5-7-19(12-18)30-4/h5-7,12,14-17,24H,8-11,13H2,1-4H3,(H,26,27,28)/t16-,17?/m0/s1. The number of aryl methyl sites for hydroxylation is 1. The molecule has 1 unspecified atom stereocenters. The summed E-state index contributed by atoms with van der Waals surface area (Å²) in [5.41, 5.74) is 3.19. The van der Waals surface area contributed by atoms with Gasteiger partial charge in [-0.25, -0.2) is 4.98 Å². The molecule has 160 valence electrons. The van der Waals surface area contributed by atoms with E-state index >= 15 is 0 Å². The highest BCUT2D eigenvalue weighted by Gasteiger charge is 2.19. The lowest BCUT2D eigenvalue weighted by Crippen LogP contribution is -2.15. The molecule has 2 aromatic heterocycles. The molecule has 2 atom stereocenters. The number of aromatic nitrogens is 4. The second-order valence-electron chi connectivity index (χ2n) is 8.49. The van der Waals surface area contributed by atoms with Crippen LogP contribution in [0.25, 0.3) is 5.65 Å². The lowest BCUT2D eigenvalue weighted by molar-refractivity contribution is 0.414. The number of hydrogen-bond acceptors (Lipinski definition) is 6. The molecule has 0 bridgehead atoms. The highest BCUT2D eigenvalue weighted by Crippen LogP contribution is 2.25. The Morgan fingerprint density at radius 1 is 1.27 bits per heavy atom. The average Bonchev–Trinajstić information content (AvgIpc) is 3.42. The van der Waals surface area contributed by atoms with Crippen molar-refractivity contribution in [1.29, 1.82) is 0 Å². The maximum absolute atomic E-state index is 5.38. The van der Waals surface area contributed by atoms with E-state index in [0.717, 1.165) is 60.2 Å². The Morgan fingerprint density at radius 3 is 2.87 bits per heavy atom. The summed E-state index contributed by atoms with van der Waals surface area (Å²) in [5.74, 6) is 3.54. The zero-order valence-corrected chi connectivity index (χ0v) is 18.4. The maximum atomic E-state index is 5.38. The largest absolute Gasteiger partial charge is 0.497 e. The lowest BCUT2D eigenvalue weighted by atomic mass is 10.0. The SMILES string of the molecule is COc1cccc([C@H](C)Nc2nc(CCC3CCNC3)nc3c(C(C)C)cnn23)c1. The van der Waals surface area contributed by atoms with Gasteiger partial charge >= 0.3 is 0 Å². The quantitative estimate of drug-likeness (QED) is 0.587. The second-order valence-corrected chi connectivity index (χ2v) is 8.49. The van der Waals surface area contributed by atoms with Crippen molar-refractivity contribution in [2.45, 2.75) is 52.0 Å². The second kappa shape index (κ2) is 9.00. The van der Waals surface area contributed by atoms with Crippen LogP contribution in [0.1, 0.15) is 62.5 Å². The third kappa shape index (κ3) is 4.41. The van der Waals surface area contributed by atoms with Gasteiger partial charge in [0.1, 0.15) is 11.6 Å². The zero-order valence-electron chi connectivity index (χ0n) is 18.4. The van der Waals surface area contributed by atoms with E-state index in [1.54, 1.807) is 7.11 Å². The number of nitrogens with zero attached hydrogens (tertiary/aromatic N) is 4. The Bertz CT molecular complexity index is 993. The first-order chi connectivity index (χ1) is 14.5. The molecule has 0 saturated carbocycles. The van der Waals surface area contributed by atoms with Gasteiger partial charge in [-0.3, -0.25) is 0 Å². The van der Waals surface area contributed by atoms with E-state index in [2.05, 4.69) is 42.6 Å². The summed E-state index contributed by atoms with van der Waals surface area (Å²) in [6.45, 7) is 8.70. The van der Waals surface area contributed by atoms with Crippen LogP contribution in [0.5, 0.6) is 5.75 Å². The summed E-state index contributed by atoms with van der Waals surface area (Å²) in [6.07, 6.45) is 5.15. The third-order valence-corrected chi connectivity index (χ3v) is 5.94. The van der Waals surface area contributed by atoms with Crippen LogP contribution in [0.15, 0.2) is 30.5 Å². The molecule has 1 saturated heterocycles. The highest BCUT2D eigenvalue weighted by atomic mass is 16.5. The molecule has 1 fully saturated rings. The van der Waals surface area contributed by atoms with Crippen LogP contribution >= 0.6 is 0 Å². The van der Waals surface area contributed by atoms with Crippen molar-refractivity contribution in [2.75, 3.05) is 25.5 Å². The summed E-state index contributed by atoms with van der Waals surface area (Å²) in [6, 6.07) is 8.16. The number of methoxy groups -OCH3 is 1. The predicted molar refractivity (Wildman–Crippen MR) is 119 cm³/mol. The van der Waals surface area contributed by atoms with Gasteiger partial charge in [-0.2, -0.15) is 14.6 Å². The van der Waals surface area contributed by atoms with Gasteiger partial charge in [0.05, 0.1) is 19.3 Å². The lowest BCUT2D eigenvalue weighted by Gasteiger charge is -2.17. The van der Waals surface area contributed by atoms with Crippen LogP contribution in [-0.4, -0.2) is 39.8 Å². The highest BCUT2D eigenvalue weighted by molar-refractivity contribution is 5.52. The number of anilines is 1. The van der Waals surface area contributed by atoms with Crippen LogP contribution < -0.4 is 15.4 Å². The van der Waals surface area contributed by atoms with Crippen molar-refractivity contribution in [1.82, 2.24) is 24.9 Å². The molecule has 3 aromatic rings. The van der Waals surface area contributed by atoms with Crippen molar-refractivity contribution in [3.05, 3.63) is 47.4 Å². The molecule has 0 aliphatic carbocycles. The minimum absolute atomic E-state index is 0.0526. The summed E-state index contributed by atoms with van der Waals surface area (Å²) in [5, 5.41) is 11.6. The topological polar surface area (TPSA) is 76.4 Å². The summed E-state index contributed by atoms with van der Waals surface area (Å²) in [7, 11) is 1.69. The van der Waals surface area contributed by atoms with Crippen molar-refractivity contribution >= 4 is 11.6 Å². The Morgan fingerprint density at radius 2 is 2.13 bits per heavy atom. The fourth-order valence-electron chi connectivity index (χ4n) is 4.03. The van der Waals surface area contributed by atoms with Crippen molar-refractivity contribution < 1.29 is 4.74 Å². The molecule has 4 rings (SSSR count). The Labute approximate surface area is 178 Å². The first-order valence-corrected chi connectivity index (χ1v) is 10.9. The first-order valence-electron chi connectivity index (χ1n) is 10.9. The molecule has 30 heavy (non-hydrogen) atoms. The molecule has 1 aromatic carbocycles. The van der Waals surface area contributed by atoms with Crippen LogP contribution in [0, 0.1) is 5.92 Å². The Kier molecular flexibility index (Phi) is 6.18. The molecule has 1 aliphatic rings. The van der Waals surface area contributed by atoms with Gasteiger partial charge in [-0.1, -0.05) is 26.0 Å². The predicted octanol–water partition coefficient (Wildman–Crippen LogP) is 3.97. The van der Waals surface area contributed by atoms with E-state index in [0.29, 0.717) is 11.8 Å². The maximum Gasteiger partial charge on any atom is 0.228 e. The van der Waals surface area contributed by atoms with Gasteiger partial charge in [0, 0.05) is 12.0 Å². The normalized spacial score (nSPS) is 17.6. The fraction of sp³-hybridized carbons (Fsp3) is 0.522. The number of hydrogen-bond donors (Lipinski definition) is 2. The summed E-state index contributed by atoms with van der Waals surface area (Å²) in [4.78, 5) is 9.76. The fourth-order valence-corrected chi connectivity index (χ4v) is 4.03. The van der Waals surface area contributed by atoms with Crippen LogP contribution in [0.4, 0.5) is 5.95 Å². The van der Waals surface area contributed by atoms with Gasteiger partial charge in [0.25, 0.3) is 0 Å². The monoisotopic (exact) mass is 408 g/mol. The Balaban J connectivity index is 1.64. The minimum Gasteiger partial charge on any atom is -0.497 e. The number of nitrogens with one attached hydrogen (secondary N) is 2. The minimum atomic E-state index is 0.0526. The molecular formula is C23H32N6O. The van der Waals surface area contributed by atoms with Crippen molar-refractivity contribution in [3.63, 3.8) is 0 Å². The summed E-state index contributed by atoms with van der Waals surface area (Å²) < 4.78 is 7.22. The van der Waals surface area contributed by atoms with Gasteiger partial charge in [-0.15, -0.1) is 0 Å². The molecular weight excluding hydrogens is 376 g/mol. The van der Waals surface area contributed by atoms with Crippen LogP contribution in [0.2, 0.25) is 0 Å².